The Morgan fingerprint density at radius 3 is 2.56 bits per heavy atom. The standard InChI is InChI=1S/C21H23NO5/c1-14(2)10-17(15-6-4-3-5-7-15)22-20(23)12-25-21(24)16-8-9-18-19(11-16)27-13-26-18/h3-9,11,14,17H,10,12-13H2,1-2H3,(H,22,23)/t17-/m0/s1. The lowest BCUT2D eigenvalue weighted by atomic mass is 9.97. The average molecular weight is 369 g/mol. The van der Waals surface area contributed by atoms with Crippen LogP contribution in [0.2, 0.25) is 0 Å². The molecule has 0 spiro atoms. The van der Waals surface area contributed by atoms with E-state index in [2.05, 4.69) is 19.2 Å². The van der Waals surface area contributed by atoms with Gasteiger partial charge < -0.3 is 19.5 Å². The smallest absolute Gasteiger partial charge is 0.338 e. The quantitative estimate of drug-likeness (QED) is 0.757. The summed E-state index contributed by atoms with van der Waals surface area (Å²) in [6.45, 7) is 3.99. The van der Waals surface area contributed by atoms with Crippen molar-refractivity contribution in [3.63, 3.8) is 0 Å². The first-order valence-corrected chi connectivity index (χ1v) is 8.94. The van der Waals surface area contributed by atoms with Crippen LogP contribution in [0.4, 0.5) is 0 Å². The van der Waals surface area contributed by atoms with Crippen LogP contribution < -0.4 is 14.8 Å². The highest BCUT2D eigenvalue weighted by atomic mass is 16.7. The summed E-state index contributed by atoms with van der Waals surface area (Å²) in [6.07, 6.45) is 0.797. The Labute approximate surface area is 158 Å². The Kier molecular flexibility index (Phi) is 5.96. The van der Waals surface area contributed by atoms with Gasteiger partial charge in [-0.3, -0.25) is 4.79 Å². The summed E-state index contributed by atoms with van der Waals surface area (Å²) in [5.41, 5.74) is 1.34. The molecule has 2 aromatic carbocycles. The van der Waals surface area contributed by atoms with Gasteiger partial charge in [-0.05, 0) is 36.1 Å². The predicted molar refractivity (Wildman–Crippen MR) is 99.6 cm³/mol. The highest BCUT2D eigenvalue weighted by molar-refractivity contribution is 5.92. The number of carbonyl (C=O) groups is 2. The van der Waals surface area contributed by atoms with Crippen molar-refractivity contribution in [1.29, 1.82) is 0 Å². The van der Waals surface area contributed by atoms with Crippen LogP contribution in [0.5, 0.6) is 11.5 Å². The van der Waals surface area contributed by atoms with E-state index in [-0.39, 0.29) is 25.3 Å². The van der Waals surface area contributed by atoms with Gasteiger partial charge in [0.05, 0.1) is 11.6 Å². The first kappa shape index (κ1) is 18.8. The first-order chi connectivity index (χ1) is 13.0. The summed E-state index contributed by atoms with van der Waals surface area (Å²) in [5.74, 6) is 0.576. The summed E-state index contributed by atoms with van der Waals surface area (Å²) in [5, 5.41) is 2.95. The maximum Gasteiger partial charge on any atom is 0.338 e. The van der Waals surface area contributed by atoms with E-state index < -0.39 is 5.97 Å². The van der Waals surface area contributed by atoms with Crippen LogP contribution in [-0.2, 0) is 9.53 Å². The molecule has 0 aliphatic carbocycles. The molecule has 0 fully saturated rings. The molecule has 0 unspecified atom stereocenters. The van der Waals surface area contributed by atoms with Crippen LogP contribution in [-0.4, -0.2) is 25.3 Å². The molecule has 1 N–H and O–H groups in total. The number of hydrogen-bond acceptors (Lipinski definition) is 5. The van der Waals surface area contributed by atoms with Gasteiger partial charge in [0.1, 0.15) is 0 Å². The minimum atomic E-state index is -0.580. The van der Waals surface area contributed by atoms with E-state index >= 15 is 0 Å². The molecule has 1 amide bonds. The lowest BCUT2D eigenvalue weighted by molar-refractivity contribution is -0.125. The predicted octanol–water partition coefficient (Wildman–Crippen LogP) is 3.48. The molecule has 1 atom stereocenters. The number of nitrogens with one attached hydrogen (secondary N) is 1. The summed E-state index contributed by atoms with van der Waals surface area (Å²) < 4.78 is 15.6. The Bertz CT molecular complexity index is 803. The van der Waals surface area contributed by atoms with Gasteiger partial charge in [-0.1, -0.05) is 44.2 Å². The molecular weight excluding hydrogens is 346 g/mol. The fourth-order valence-corrected chi connectivity index (χ4v) is 2.91. The van der Waals surface area contributed by atoms with Gasteiger partial charge >= 0.3 is 5.97 Å². The lowest BCUT2D eigenvalue weighted by Crippen LogP contribution is -2.33. The zero-order valence-corrected chi connectivity index (χ0v) is 15.4. The van der Waals surface area contributed by atoms with Crippen LogP contribution in [0, 0.1) is 5.92 Å². The van der Waals surface area contributed by atoms with Crippen LogP contribution in [0.15, 0.2) is 48.5 Å². The third kappa shape index (κ3) is 5.00. The summed E-state index contributed by atoms with van der Waals surface area (Å²) in [4.78, 5) is 24.5. The number of esters is 1. The molecule has 27 heavy (non-hydrogen) atoms. The maximum atomic E-state index is 12.3. The fourth-order valence-electron chi connectivity index (χ4n) is 2.91. The van der Waals surface area contributed by atoms with E-state index in [1.807, 2.05) is 30.3 Å². The Balaban J connectivity index is 1.56. The molecule has 0 bridgehead atoms. The molecule has 0 aromatic heterocycles. The van der Waals surface area contributed by atoms with Crippen molar-refractivity contribution in [2.24, 2.45) is 5.92 Å². The number of benzene rings is 2. The largest absolute Gasteiger partial charge is 0.454 e. The van der Waals surface area contributed by atoms with E-state index in [1.165, 1.54) is 0 Å². The second kappa shape index (κ2) is 8.58. The number of ether oxygens (including phenoxy) is 3. The summed E-state index contributed by atoms with van der Waals surface area (Å²) in [7, 11) is 0. The molecule has 142 valence electrons. The molecular formula is C21H23NO5. The average Bonchev–Trinajstić information content (AvgIpc) is 3.13. The number of amides is 1. The highest BCUT2D eigenvalue weighted by Crippen LogP contribution is 2.32. The molecule has 3 rings (SSSR count). The molecule has 6 heteroatoms. The molecule has 1 heterocycles. The SMILES string of the molecule is CC(C)C[C@H](NC(=O)COC(=O)c1ccc2c(c1)OCO2)c1ccccc1. The van der Waals surface area contributed by atoms with Crippen molar-refractivity contribution in [3.8, 4) is 11.5 Å². The van der Waals surface area contributed by atoms with E-state index in [0.717, 1.165) is 12.0 Å². The molecule has 0 radical (unpaired) electrons. The third-order valence-corrected chi connectivity index (χ3v) is 4.19. The minimum absolute atomic E-state index is 0.122. The Morgan fingerprint density at radius 2 is 1.81 bits per heavy atom. The minimum Gasteiger partial charge on any atom is -0.454 e. The van der Waals surface area contributed by atoms with Crippen molar-refractivity contribution < 1.29 is 23.8 Å². The van der Waals surface area contributed by atoms with E-state index in [1.54, 1.807) is 18.2 Å². The summed E-state index contributed by atoms with van der Waals surface area (Å²) >= 11 is 0. The Morgan fingerprint density at radius 1 is 1.07 bits per heavy atom. The number of hydrogen-bond donors (Lipinski definition) is 1. The number of carbonyl (C=O) groups excluding carboxylic acids is 2. The summed E-state index contributed by atoms with van der Waals surface area (Å²) in [6, 6.07) is 14.4. The molecule has 0 saturated carbocycles. The normalized spacial score (nSPS) is 13.3. The zero-order chi connectivity index (χ0) is 19.2. The van der Waals surface area contributed by atoms with Crippen LogP contribution >= 0.6 is 0 Å². The third-order valence-electron chi connectivity index (χ3n) is 4.19. The van der Waals surface area contributed by atoms with E-state index in [0.29, 0.717) is 23.0 Å². The maximum absolute atomic E-state index is 12.3. The van der Waals surface area contributed by atoms with Crippen LogP contribution in [0.1, 0.15) is 42.2 Å². The van der Waals surface area contributed by atoms with Crippen molar-refractivity contribution in [1.82, 2.24) is 5.32 Å². The highest BCUT2D eigenvalue weighted by Gasteiger charge is 2.19. The molecule has 2 aromatic rings. The number of fused-ring (bicyclic) bond motifs is 1. The van der Waals surface area contributed by atoms with Crippen molar-refractivity contribution >= 4 is 11.9 Å². The molecule has 1 aliphatic rings. The van der Waals surface area contributed by atoms with Crippen molar-refractivity contribution in [3.05, 3.63) is 59.7 Å². The Hall–Kier alpha value is -3.02. The second-order valence-corrected chi connectivity index (χ2v) is 6.80. The van der Waals surface area contributed by atoms with Gasteiger partial charge in [0.25, 0.3) is 5.91 Å². The zero-order valence-electron chi connectivity index (χ0n) is 15.4. The second-order valence-electron chi connectivity index (χ2n) is 6.80. The van der Waals surface area contributed by atoms with Gasteiger partial charge in [-0.2, -0.15) is 0 Å². The van der Waals surface area contributed by atoms with Crippen molar-refractivity contribution in [2.45, 2.75) is 26.3 Å². The van der Waals surface area contributed by atoms with E-state index in [9.17, 15) is 9.59 Å². The van der Waals surface area contributed by atoms with Gasteiger partial charge in [0.15, 0.2) is 18.1 Å². The first-order valence-electron chi connectivity index (χ1n) is 8.94. The monoisotopic (exact) mass is 369 g/mol. The van der Waals surface area contributed by atoms with Crippen molar-refractivity contribution in [2.75, 3.05) is 13.4 Å². The fraction of sp³-hybridized carbons (Fsp3) is 0.333. The molecule has 0 saturated heterocycles. The van der Waals surface area contributed by atoms with E-state index in [4.69, 9.17) is 14.2 Å². The van der Waals surface area contributed by atoms with Gasteiger partial charge in [0.2, 0.25) is 6.79 Å². The van der Waals surface area contributed by atoms with Crippen LogP contribution in [0.25, 0.3) is 0 Å². The van der Waals surface area contributed by atoms with Gasteiger partial charge in [0, 0.05) is 0 Å². The molecule has 1 aliphatic heterocycles. The van der Waals surface area contributed by atoms with Gasteiger partial charge in [-0.15, -0.1) is 0 Å². The number of rotatable bonds is 7. The lowest BCUT2D eigenvalue weighted by Gasteiger charge is -2.21. The van der Waals surface area contributed by atoms with Gasteiger partial charge in [-0.25, -0.2) is 4.79 Å². The van der Waals surface area contributed by atoms with Crippen LogP contribution in [0.3, 0.4) is 0 Å². The molecule has 6 nitrogen and oxygen atoms in total. The topological polar surface area (TPSA) is 73.9 Å².